The van der Waals surface area contributed by atoms with Gasteiger partial charge >= 0.3 is 0 Å². The highest BCUT2D eigenvalue weighted by Crippen LogP contribution is 2.23. The van der Waals surface area contributed by atoms with Crippen molar-refractivity contribution in [1.82, 2.24) is 10.3 Å². The minimum absolute atomic E-state index is 0.0318. The first-order chi connectivity index (χ1) is 13.0. The predicted octanol–water partition coefficient (Wildman–Crippen LogP) is 4.30. The minimum atomic E-state index is -0.0318. The zero-order chi connectivity index (χ0) is 19.2. The maximum absolute atomic E-state index is 12.5. The van der Waals surface area contributed by atoms with Gasteiger partial charge in [0.2, 0.25) is 5.88 Å². The van der Waals surface area contributed by atoms with Crippen LogP contribution in [0.2, 0.25) is 0 Å². The number of aromatic nitrogens is 1. The third kappa shape index (κ3) is 5.71. The average molecular weight is 368 g/mol. The van der Waals surface area contributed by atoms with E-state index in [4.69, 9.17) is 9.47 Å². The number of hydrogen-bond donors (Lipinski definition) is 1. The van der Waals surface area contributed by atoms with Crippen molar-refractivity contribution in [2.45, 2.75) is 64.7 Å². The number of ether oxygens (including phenoxy) is 2. The summed E-state index contributed by atoms with van der Waals surface area (Å²) >= 11 is 0. The summed E-state index contributed by atoms with van der Waals surface area (Å²) in [5.74, 6) is 1.43. The number of carbonyl (C=O) groups is 1. The molecule has 0 atom stereocenters. The Bertz CT molecular complexity index is 733. The zero-order valence-electron chi connectivity index (χ0n) is 16.3. The second-order valence-electron chi connectivity index (χ2n) is 7.43. The molecule has 144 valence electrons. The normalized spacial score (nSPS) is 19.6. The molecule has 1 aromatic heterocycles. The number of nitrogens with one attached hydrogen (secondary N) is 1. The van der Waals surface area contributed by atoms with Crippen molar-refractivity contribution in [3.63, 3.8) is 0 Å². The van der Waals surface area contributed by atoms with Crippen LogP contribution in [-0.2, 0) is 0 Å². The van der Waals surface area contributed by atoms with Crippen molar-refractivity contribution in [1.29, 1.82) is 0 Å². The average Bonchev–Trinajstić information content (AvgIpc) is 2.65. The Hall–Kier alpha value is -2.56. The summed E-state index contributed by atoms with van der Waals surface area (Å²) in [7, 11) is 0. The van der Waals surface area contributed by atoms with Gasteiger partial charge in [0.05, 0.1) is 6.10 Å². The number of carbonyl (C=O) groups excluding carboxylic acids is 1. The molecule has 1 fully saturated rings. The van der Waals surface area contributed by atoms with Gasteiger partial charge in [-0.25, -0.2) is 4.98 Å². The van der Waals surface area contributed by atoms with E-state index in [1.54, 1.807) is 0 Å². The molecule has 1 aliphatic carbocycles. The second-order valence-corrected chi connectivity index (χ2v) is 7.43. The summed E-state index contributed by atoms with van der Waals surface area (Å²) in [6.07, 6.45) is 5.77. The number of benzene rings is 1. The summed E-state index contributed by atoms with van der Waals surface area (Å²) in [5, 5.41) is 3.14. The van der Waals surface area contributed by atoms with Gasteiger partial charge in [-0.15, -0.1) is 0 Å². The summed E-state index contributed by atoms with van der Waals surface area (Å²) in [6, 6.07) is 11.4. The first-order valence-corrected chi connectivity index (χ1v) is 9.66. The van der Waals surface area contributed by atoms with E-state index in [2.05, 4.69) is 10.3 Å². The van der Waals surface area contributed by atoms with Gasteiger partial charge in [0, 0.05) is 23.9 Å². The molecule has 5 nitrogen and oxygen atoms in total. The third-order valence-corrected chi connectivity index (χ3v) is 4.67. The number of nitrogens with zero attached hydrogens (tertiary/aromatic N) is 1. The fraction of sp³-hybridized carbons (Fsp3) is 0.455. The second kappa shape index (κ2) is 8.89. The third-order valence-electron chi connectivity index (χ3n) is 4.67. The Kier molecular flexibility index (Phi) is 6.32. The van der Waals surface area contributed by atoms with Crippen molar-refractivity contribution >= 4 is 5.91 Å². The maximum atomic E-state index is 12.5. The SMILES string of the molecule is Cc1ccc(OC2CCC(NC(=O)c3ccc(OC(C)C)cc3)CC2)nc1. The molecule has 1 aliphatic rings. The van der Waals surface area contributed by atoms with Crippen LogP contribution in [0.5, 0.6) is 11.6 Å². The molecular formula is C22H28N2O3. The van der Waals surface area contributed by atoms with Crippen molar-refractivity contribution in [3.05, 3.63) is 53.7 Å². The molecule has 0 bridgehead atoms. The first-order valence-electron chi connectivity index (χ1n) is 9.66. The smallest absolute Gasteiger partial charge is 0.251 e. The number of pyridine rings is 1. The van der Waals surface area contributed by atoms with E-state index in [9.17, 15) is 4.79 Å². The first kappa shape index (κ1) is 19.2. The van der Waals surface area contributed by atoms with E-state index in [1.807, 2.05) is 63.4 Å². The number of aryl methyl sites for hydroxylation is 1. The predicted molar refractivity (Wildman–Crippen MR) is 105 cm³/mol. The Labute approximate surface area is 161 Å². The summed E-state index contributed by atoms with van der Waals surface area (Å²) in [6.45, 7) is 5.97. The molecule has 1 saturated carbocycles. The van der Waals surface area contributed by atoms with E-state index in [1.165, 1.54) is 0 Å². The molecule has 1 amide bonds. The van der Waals surface area contributed by atoms with E-state index in [-0.39, 0.29) is 24.2 Å². The fourth-order valence-electron chi connectivity index (χ4n) is 3.25. The Morgan fingerprint density at radius 3 is 2.37 bits per heavy atom. The quantitative estimate of drug-likeness (QED) is 0.826. The van der Waals surface area contributed by atoms with Gasteiger partial charge in [-0.3, -0.25) is 4.79 Å². The standard InChI is InChI=1S/C22H28N2O3/c1-15(2)26-19-9-5-17(6-10-19)22(25)24-18-7-11-20(12-8-18)27-21-13-4-16(3)14-23-21/h4-6,9-10,13-15,18,20H,7-8,11-12H2,1-3H3,(H,24,25). The van der Waals surface area contributed by atoms with Crippen LogP contribution >= 0.6 is 0 Å². The maximum Gasteiger partial charge on any atom is 0.251 e. The van der Waals surface area contributed by atoms with Gasteiger partial charge in [0.25, 0.3) is 5.91 Å². The van der Waals surface area contributed by atoms with Gasteiger partial charge < -0.3 is 14.8 Å². The molecule has 1 aromatic carbocycles. The highest BCUT2D eigenvalue weighted by atomic mass is 16.5. The molecule has 0 aliphatic heterocycles. The number of hydrogen-bond acceptors (Lipinski definition) is 4. The van der Waals surface area contributed by atoms with Crippen LogP contribution in [-0.4, -0.2) is 29.1 Å². The molecule has 3 rings (SSSR count). The molecule has 0 spiro atoms. The lowest BCUT2D eigenvalue weighted by Gasteiger charge is -2.29. The number of rotatable bonds is 6. The van der Waals surface area contributed by atoms with Gasteiger partial charge in [0.15, 0.2) is 0 Å². The monoisotopic (exact) mass is 368 g/mol. The van der Waals surface area contributed by atoms with Crippen LogP contribution in [0.4, 0.5) is 0 Å². The largest absolute Gasteiger partial charge is 0.491 e. The molecule has 1 heterocycles. The van der Waals surface area contributed by atoms with Gasteiger partial charge in [-0.05, 0) is 76.3 Å². The lowest BCUT2D eigenvalue weighted by atomic mass is 9.92. The summed E-state index contributed by atoms with van der Waals surface area (Å²) in [5.41, 5.74) is 1.78. The molecule has 1 N–H and O–H groups in total. The van der Waals surface area contributed by atoms with Crippen molar-refractivity contribution in [2.75, 3.05) is 0 Å². The molecule has 27 heavy (non-hydrogen) atoms. The van der Waals surface area contributed by atoms with E-state index < -0.39 is 0 Å². The Morgan fingerprint density at radius 1 is 1.07 bits per heavy atom. The van der Waals surface area contributed by atoms with Crippen molar-refractivity contribution < 1.29 is 14.3 Å². The molecule has 5 heteroatoms. The lowest BCUT2D eigenvalue weighted by Crippen LogP contribution is -2.39. The lowest BCUT2D eigenvalue weighted by molar-refractivity contribution is 0.0890. The zero-order valence-corrected chi connectivity index (χ0v) is 16.3. The molecular weight excluding hydrogens is 340 g/mol. The van der Waals surface area contributed by atoms with Gasteiger partial charge in [-0.1, -0.05) is 6.07 Å². The Balaban J connectivity index is 1.45. The van der Waals surface area contributed by atoms with E-state index in [0.29, 0.717) is 11.4 Å². The summed E-state index contributed by atoms with van der Waals surface area (Å²) < 4.78 is 11.6. The highest BCUT2D eigenvalue weighted by Gasteiger charge is 2.24. The number of amides is 1. The molecule has 2 aromatic rings. The van der Waals surface area contributed by atoms with Gasteiger partial charge in [-0.2, -0.15) is 0 Å². The van der Waals surface area contributed by atoms with Crippen molar-refractivity contribution in [3.8, 4) is 11.6 Å². The van der Waals surface area contributed by atoms with Crippen LogP contribution in [0.15, 0.2) is 42.6 Å². The van der Waals surface area contributed by atoms with E-state index >= 15 is 0 Å². The highest BCUT2D eigenvalue weighted by molar-refractivity contribution is 5.94. The topological polar surface area (TPSA) is 60.5 Å². The minimum Gasteiger partial charge on any atom is -0.491 e. The Morgan fingerprint density at radius 2 is 1.78 bits per heavy atom. The van der Waals surface area contributed by atoms with E-state index in [0.717, 1.165) is 37.0 Å². The molecule has 0 unspecified atom stereocenters. The van der Waals surface area contributed by atoms with Crippen LogP contribution < -0.4 is 14.8 Å². The molecule has 0 radical (unpaired) electrons. The van der Waals surface area contributed by atoms with Gasteiger partial charge in [0.1, 0.15) is 11.9 Å². The van der Waals surface area contributed by atoms with Crippen LogP contribution in [0.1, 0.15) is 55.5 Å². The van der Waals surface area contributed by atoms with Crippen LogP contribution in [0.3, 0.4) is 0 Å². The van der Waals surface area contributed by atoms with Crippen molar-refractivity contribution in [2.24, 2.45) is 0 Å². The van der Waals surface area contributed by atoms with Crippen LogP contribution in [0.25, 0.3) is 0 Å². The van der Waals surface area contributed by atoms with Crippen LogP contribution in [0, 0.1) is 6.92 Å². The fourth-order valence-corrected chi connectivity index (χ4v) is 3.25. The molecule has 0 saturated heterocycles. The summed E-state index contributed by atoms with van der Waals surface area (Å²) in [4.78, 5) is 16.8.